The van der Waals surface area contributed by atoms with E-state index in [2.05, 4.69) is 36.1 Å². The Kier molecular flexibility index (Phi) is 5.06. The van der Waals surface area contributed by atoms with Gasteiger partial charge in [0.2, 0.25) is 5.95 Å². The lowest BCUT2D eigenvalue weighted by Gasteiger charge is -2.33. The summed E-state index contributed by atoms with van der Waals surface area (Å²) in [4.78, 5) is 33.0. The van der Waals surface area contributed by atoms with Crippen LogP contribution in [0.15, 0.2) is 39.9 Å². The summed E-state index contributed by atoms with van der Waals surface area (Å²) < 4.78 is 4.90. The second kappa shape index (κ2) is 7.54. The molecule has 0 aliphatic carbocycles. The zero-order valence-electron chi connectivity index (χ0n) is 17.6. The molecule has 7 nitrogen and oxygen atoms in total. The summed E-state index contributed by atoms with van der Waals surface area (Å²) in [5.41, 5.74) is 1.77. The smallest absolute Gasteiger partial charge is 0.332 e. The zero-order chi connectivity index (χ0) is 20.7. The highest BCUT2D eigenvalue weighted by Gasteiger charge is 2.28. The van der Waals surface area contributed by atoms with Crippen LogP contribution in [0.2, 0.25) is 0 Å². The fourth-order valence-electron chi connectivity index (χ4n) is 4.23. The van der Waals surface area contributed by atoms with Crippen molar-refractivity contribution in [3.63, 3.8) is 0 Å². The molecule has 0 amide bonds. The first-order valence-electron chi connectivity index (χ1n) is 10.4. The third-order valence-corrected chi connectivity index (χ3v) is 5.58. The van der Waals surface area contributed by atoms with Crippen LogP contribution in [0, 0.1) is 11.8 Å². The number of imidazole rings is 1. The zero-order valence-corrected chi connectivity index (χ0v) is 17.6. The standard InChI is InChI=1S/C22H29N5O2/c1-15(2)12-27-20(28)18-19(24(4)22(27)29)23-21-25(13-16(3)14-26(18)21)11-10-17-8-6-5-7-9-17/h5-9,15-16H,10-14H2,1-4H3/t16-/m0/s1. The predicted molar refractivity (Wildman–Crippen MR) is 116 cm³/mol. The SMILES string of the molecule is CC(C)Cn1c(=O)c2c(nc3n2C[C@@H](C)CN3CCc2ccccc2)n(C)c1=O. The van der Waals surface area contributed by atoms with Crippen molar-refractivity contribution >= 4 is 17.1 Å². The minimum atomic E-state index is -0.296. The average Bonchev–Trinajstić information content (AvgIpc) is 3.08. The van der Waals surface area contributed by atoms with Crippen LogP contribution in [0.3, 0.4) is 0 Å². The number of rotatable bonds is 5. The molecule has 3 aromatic rings. The van der Waals surface area contributed by atoms with E-state index in [4.69, 9.17) is 4.98 Å². The second-order valence-electron chi connectivity index (χ2n) is 8.63. The maximum atomic E-state index is 13.2. The lowest BCUT2D eigenvalue weighted by molar-refractivity contribution is 0.435. The number of anilines is 1. The Labute approximate surface area is 170 Å². The number of fused-ring (bicyclic) bond motifs is 3. The lowest BCUT2D eigenvalue weighted by Crippen LogP contribution is -2.42. The Hall–Kier alpha value is -2.83. The molecule has 1 aliphatic rings. The summed E-state index contributed by atoms with van der Waals surface area (Å²) in [6.45, 7) is 9.08. The molecule has 7 heteroatoms. The van der Waals surface area contributed by atoms with E-state index >= 15 is 0 Å². The van der Waals surface area contributed by atoms with Crippen LogP contribution < -0.4 is 16.1 Å². The molecule has 154 valence electrons. The highest BCUT2D eigenvalue weighted by Crippen LogP contribution is 2.27. The van der Waals surface area contributed by atoms with Gasteiger partial charge in [-0.1, -0.05) is 51.1 Å². The van der Waals surface area contributed by atoms with Gasteiger partial charge >= 0.3 is 5.69 Å². The predicted octanol–water partition coefficient (Wildman–Crippen LogP) is 2.25. The third-order valence-electron chi connectivity index (χ3n) is 5.58. The number of aryl methyl sites for hydroxylation is 1. The van der Waals surface area contributed by atoms with Crippen LogP contribution in [0.5, 0.6) is 0 Å². The van der Waals surface area contributed by atoms with Crippen molar-refractivity contribution in [1.29, 1.82) is 0 Å². The van der Waals surface area contributed by atoms with Crippen molar-refractivity contribution in [2.45, 2.75) is 40.3 Å². The topological polar surface area (TPSA) is 65.1 Å². The molecule has 1 aliphatic heterocycles. The average molecular weight is 396 g/mol. The van der Waals surface area contributed by atoms with Gasteiger partial charge in [0.05, 0.1) is 0 Å². The van der Waals surface area contributed by atoms with Crippen molar-refractivity contribution in [2.24, 2.45) is 18.9 Å². The Morgan fingerprint density at radius 2 is 1.86 bits per heavy atom. The molecule has 0 bridgehead atoms. The van der Waals surface area contributed by atoms with Gasteiger partial charge in [-0.05, 0) is 23.8 Å². The van der Waals surface area contributed by atoms with Crippen LogP contribution >= 0.6 is 0 Å². The van der Waals surface area contributed by atoms with Gasteiger partial charge in [0.15, 0.2) is 11.2 Å². The summed E-state index contributed by atoms with van der Waals surface area (Å²) in [6.07, 6.45) is 0.910. The molecule has 1 aromatic carbocycles. The van der Waals surface area contributed by atoms with Crippen molar-refractivity contribution in [3.05, 3.63) is 56.7 Å². The van der Waals surface area contributed by atoms with Gasteiger partial charge in [-0.25, -0.2) is 4.79 Å². The van der Waals surface area contributed by atoms with E-state index in [0.717, 1.165) is 32.0 Å². The van der Waals surface area contributed by atoms with Crippen molar-refractivity contribution in [2.75, 3.05) is 18.0 Å². The first-order chi connectivity index (χ1) is 13.9. The summed E-state index contributed by atoms with van der Waals surface area (Å²) in [6, 6.07) is 10.4. The maximum Gasteiger partial charge on any atom is 0.332 e. The molecule has 4 rings (SSSR count). The number of aromatic nitrogens is 4. The molecule has 0 fully saturated rings. The molecule has 2 aromatic heterocycles. The van der Waals surface area contributed by atoms with Gasteiger partial charge in [-0.15, -0.1) is 0 Å². The monoisotopic (exact) mass is 395 g/mol. The van der Waals surface area contributed by atoms with Crippen molar-refractivity contribution in [1.82, 2.24) is 18.7 Å². The summed E-state index contributed by atoms with van der Waals surface area (Å²) in [5.74, 6) is 1.40. The number of hydrogen-bond acceptors (Lipinski definition) is 4. The van der Waals surface area contributed by atoms with E-state index < -0.39 is 0 Å². The van der Waals surface area contributed by atoms with Crippen molar-refractivity contribution in [3.8, 4) is 0 Å². The van der Waals surface area contributed by atoms with Gasteiger partial charge < -0.3 is 9.47 Å². The van der Waals surface area contributed by atoms with Crippen LogP contribution in [0.4, 0.5) is 5.95 Å². The molecule has 0 saturated carbocycles. The van der Waals surface area contributed by atoms with E-state index in [0.29, 0.717) is 23.6 Å². The summed E-state index contributed by atoms with van der Waals surface area (Å²) >= 11 is 0. The Bertz CT molecular complexity index is 1140. The highest BCUT2D eigenvalue weighted by atomic mass is 16.2. The van der Waals surface area contributed by atoms with E-state index in [9.17, 15) is 9.59 Å². The normalized spacial score (nSPS) is 16.6. The number of hydrogen-bond donors (Lipinski definition) is 0. The first kappa shape index (κ1) is 19.5. The molecule has 0 radical (unpaired) electrons. The molecule has 0 saturated heterocycles. The fraction of sp³-hybridized carbons (Fsp3) is 0.500. The maximum absolute atomic E-state index is 13.2. The number of benzene rings is 1. The van der Waals surface area contributed by atoms with Crippen LogP contribution in [0.1, 0.15) is 26.3 Å². The van der Waals surface area contributed by atoms with E-state index in [-0.39, 0.29) is 17.2 Å². The molecule has 1 atom stereocenters. The van der Waals surface area contributed by atoms with E-state index in [1.165, 1.54) is 14.7 Å². The van der Waals surface area contributed by atoms with Crippen LogP contribution in [-0.2, 0) is 26.6 Å². The quantitative estimate of drug-likeness (QED) is 0.665. The van der Waals surface area contributed by atoms with Crippen LogP contribution in [-0.4, -0.2) is 31.8 Å². The molecular weight excluding hydrogens is 366 g/mol. The molecular formula is C22H29N5O2. The fourth-order valence-corrected chi connectivity index (χ4v) is 4.23. The first-order valence-corrected chi connectivity index (χ1v) is 10.4. The second-order valence-corrected chi connectivity index (χ2v) is 8.63. The van der Waals surface area contributed by atoms with Crippen LogP contribution in [0.25, 0.3) is 11.2 Å². The summed E-state index contributed by atoms with van der Waals surface area (Å²) in [5, 5.41) is 0. The van der Waals surface area contributed by atoms with Gasteiger partial charge in [0.25, 0.3) is 5.56 Å². The molecule has 29 heavy (non-hydrogen) atoms. The van der Waals surface area contributed by atoms with E-state index in [1.807, 2.05) is 24.5 Å². The number of nitrogens with zero attached hydrogens (tertiary/aromatic N) is 5. The van der Waals surface area contributed by atoms with E-state index in [1.54, 1.807) is 7.05 Å². The van der Waals surface area contributed by atoms with Gasteiger partial charge in [-0.2, -0.15) is 4.98 Å². The molecule has 3 heterocycles. The third kappa shape index (κ3) is 3.50. The van der Waals surface area contributed by atoms with Crippen molar-refractivity contribution < 1.29 is 0 Å². The van der Waals surface area contributed by atoms with Gasteiger partial charge in [0.1, 0.15) is 0 Å². The Balaban J connectivity index is 1.80. The largest absolute Gasteiger partial charge is 0.342 e. The Morgan fingerprint density at radius 3 is 2.55 bits per heavy atom. The molecule has 0 spiro atoms. The van der Waals surface area contributed by atoms with Gasteiger partial charge in [-0.3, -0.25) is 13.9 Å². The van der Waals surface area contributed by atoms with Gasteiger partial charge in [0, 0.05) is 33.2 Å². The molecule has 0 unspecified atom stereocenters. The highest BCUT2D eigenvalue weighted by molar-refractivity contribution is 5.75. The lowest BCUT2D eigenvalue weighted by atomic mass is 10.1. The minimum absolute atomic E-state index is 0.211. The molecule has 0 N–H and O–H groups in total. The Morgan fingerprint density at radius 1 is 1.14 bits per heavy atom. The minimum Gasteiger partial charge on any atom is -0.342 e. The summed E-state index contributed by atoms with van der Waals surface area (Å²) in [7, 11) is 1.71.